The monoisotopic (exact) mass is 302 g/mol. The van der Waals surface area contributed by atoms with Gasteiger partial charge in [0.2, 0.25) is 0 Å². The second-order valence-corrected chi connectivity index (χ2v) is 4.84. The van der Waals surface area contributed by atoms with Crippen LogP contribution >= 0.6 is 27.5 Å². The van der Waals surface area contributed by atoms with E-state index in [-0.39, 0.29) is 6.04 Å². The Hall–Kier alpha value is -0.710. The molecule has 1 aromatic carbocycles. The van der Waals surface area contributed by atoms with E-state index in [4.69, 9.17) is 22.1 Å². The van der Waals surface area contributed by atoms with Crippen LogP contribution < -0.4 is 10.5 Å². The minimum atomic E-state index is -0.0949. The Morgan fingerprint density at radius 1 is 1.50 bits per heavy atom. The van der Waals surface area contributed by atoms with Gasteiger partial charge in [-0.1, -0.05) is 11.6 Å². The molecule has 2 aromatic rings. The molecule has 0 aliphatic heterocycles. The van der Waals surface area contributed by atoms with Gasteiger partial charge in [0.25, 0.3) is 0 Å². The Bertz CT molecular complexity index is 536. The van der Waals surface area contributed by atoms with E-state index in [9.17, 15) is 0 Å². The summed E-state index contributed by atoms with van der Waals surface area (Å²) in [6.45, 7) is 1.91. The molecular formula is C11H12BrClN2O. The molecule has 0 saturated carbocycles. The highest BCUT2D eigenvalue weighted by molar-refractivity contribution is 9.10. The molecule has 0 radical (unpaired) electrons. The molecule has 0 amide bonds. The van der Waals surface area contributed by atoms with Crippen molar-refractivity contribution in [2.75, 3.05) is 7.11 Å². The summed E-state index contributed by atoms with van der Waals surface area (Å²) in [6, 6.07) is 3.55. The number of methoxy groups -OCH3 is 1. The van der Waals surface area contributed by atoms with Crippen molar-refractivity contribution in [2.24, 2.45) is 5.73 Å². The molecule has 1 atom stereocenters. The zero-order valence-electron chi connectivity index (χ0n) is 8.97. The predicted octanol–water partition coefficient (Wildman–Crippen LogP) is 3.61. The van der Waals surface area contributed by atoms with E-state index >= 15 is 0 Å². The first kappa shape index (κ1) is 11.8. The van der Waals surface area contributed by atoms with Crippen LogP contribution in [0, 0.1) is 0 Å². The van der Waals surface area contributed by atoms with Crippen molar-refractivity contribution >= 4 is 38.4 Å². The van der Waals surface area contributed by atoms with E-state index in [0.29, 0.717) is 5.02 Å². The van der Waals surface area contributed by atoms with Crippen molar-refractivity contribution in [3.8, 4) is 5.75 Å². The number of aromatic amines is 1. The summed E-state index contributed by atoms with van der Waals surface area (Å²) in [5, 5.41) is 1.58. The van der Waals surface area contributed by atoms with E-state index in [2.05, 4.69) is 20.9 Å². The lowest BCUT2D eigenvalue weighted by Crippen LogP contribution is -2.05. The molecule has 1 aromatic heterocycles. The SMILES string of the molecule is COc1ccc(Cl)c2c(Br)c(C(C)N)[nH]c12. The molecular weight excluding hydrogens is 291 g/mol. The molecule has 86 valence electrons. The molecule has 5 heteroatoms. The normalized spacial score (nSPS) is 13.1. The molecule has 16 heavy (non-hydrogen) atoms. The van der Waals surface area contributed by atoms with Crippen LogP contribution in [-0.4, -0.2) is 12.1 Å². The van der Waals surface area contributed by atoms with Crippen molar-refractivity contribution in [1.82, 2.24) is 4.98 Å². The highest BCUT2D eigenvalue weighted by Gasteiger charge is 2.17. The van der Waals surface area contributed by atoms with Crippen LogP contribution in [0.1, 0.15) is 18.7 Å². The fraction of sp³-hybridized carbons (Fsp3) is 0.273. The molecule has 0 fully saturated rings. The maximum Gasteiger partial charge on any atom is 0.143 e. The first-order valence-corrected chi connectivity index (χ1v) is 6.02. The van der Waals surface area contributed by atoms with Gasteiger partial charge in [-0.05, 0) is 35.0 Å². The number of ether oxygens (including phenoxy) is 1. The predicted molar refractivity (Wildman–Crippen MR) is 70.2 cm³/mol. The lowest BCUT2D eigenvalue weighted by atomic mass is 10.2. The van der Waals surface area contributed by atoms with Gasteiger partial charge in [-0.3, -0.25) is 0 Å². The summed E-state index contributed by atoms with van der Waals surface area (Å²) in [5.74, 6) is 0.756. The Morgan fingerprint density at radius 2 is 2.19 bits per heavy atom. The van der Waals surface area contributed by atoms with E-state index in [1.165, 1.54) is 0 Å². The Morgan fingerprint density at radius 3 is 2.75 bits per heavy atom. The number of rotatable bonds is 2. The standard InChI is InChI=1S/C11H12BrClN2O/c1-5(14)10-9(12)8-6(13)3-4-7(16-2)11(8)15-10/h3-5,15H,14H2,1-2H3. The molecule has 0 spiro atoms. The summed E-state index contributed by atoms with van der Waals surface area (Å²) in [6.07, 6.45) is 0. The number of fused-ring (bicyclic) bond motifs is 1. The van der Waals surface area contributed by atoms with Crippen LogP contribution in [0.3, 0.4) is 0 Å². The quantitative estimate of drug-likeness (QED) is 0.890. The van der Waals surface area contributed by atoms with Gasteiger partial charge in [-0.25, -0.2) is 0 Å². The molecule has 1 unspecified atom stereocenters. The Labute approximate surface area is 107 Å². The number of benzene rings is 1. The number of halogens is 2. The zero-order chi connectivity index (χ0) is 11.9. The van der Waals surface area contributed by atoms with Crippen molar-refractivity contribution in [3.05, 3.63) is 27.3 Å². The van der Waals surface area contributed by atoms with Gasteiger partial charge >= 0.3 is 0 Å². The summed E-state index contributed by atoms with van der Waals surface area (Å²) < 4.78 is 6.18. The van der Waals surface area contributed by atoms with E-state index < -0.39 is 0 Å². The summed E-state index contributed by atoms with van der Waals surface area (Å²) in [4.78, 5) is 3.24. The Balaban J connectivity index is 2.83. The molecule has 0 bridgehead atoms. The summed E-state index contributed by atoms with van der Waals surface area (Å²) in [7, 11) is 1.63. The lowest BCUT2D eigenvalue weighted by Gasteiger charge is -2.02. The topological polar surface area (TPSA) is 51.0 Å². The number of hydrogen-bond acceptors (Lipinski definition) is 2. The number of aromatic nitrogens is 1. The summed E-state index contributed by atoms with van der Waals surface area (Å²) >= 11 is 9.68. The fourth-order valence-corrected chi connectivity index (χ4v) is 2.94. The van der Waals surface area contributed by atoms with Gasteiger partial charge in [0, 0.05) is 21.6 Å². The Kier molecular flexibility index (Phi) is 3.15. The van der Waals surface area contributed by atoms with Gasteiger partial charge < -0.3 is 15.5 Å². The molecule has 1 heterocycles. The van der Waals surface area contributed by atoms with Gasteiger partial charge in [0.15, 0.2) is 0 Å². The summed E-state index contributed by atoms with van der Waals surface area (Å²) in [5.41, 5.74) is 7.66. The maximum atomic E-state index is 6.16. The third-order valence-corrected chi connectivity index (χ3v) is 3.65. The van der Waals surface area contributed by atoms with E-state index in [1.54, 1.807) is 7.11 Å². The average molecular weight is 304 g/mol. The minimum absolute atomic E-state index is 0.0949. The fourth-order valence-electron chi connectivity index (χ4n) is 1.70. The highest BCUT2D eigenvalue weighted by Crippen LogP contribution is 2.39. The van der Waals surface area contributed by atoms with Crippen molar-refractivity contribution in [2.45, 2.75) is 13.0 Å². The number of nitrogens with one attached hydrogen (secondary N) is 1. The first-order valence-electron chi connectivity index (χ1n) is 4.85. The molecule has 3 nitrogen and oxygen atoms in total. The second kappa shape index (κ2) is 4.28. The molecule has 0 saturated heterocycles. The highest BCUT2D eigenvalue weighted by atomic mass is 79.9. The van der Waals surface area contributed by atoms with Crippen molar-refractivity contribution < 1.29 is 4.74 Å². The third-order valence-electron chi connectivity index (χ3n) is 2.51. The largest absolute Gasteiger partial charge is 0.495 e. The first-order chi connectivity index (χ1) is 7.56. The lowest BCUT2D eigenvalue weighted by molar-refractivity contribution is 0.419. The zero-order valence-corrected chi connectivity index (χ0v) is 11.3. The van der Waals surface area contributed by atoms with Crippen LogP contribution in [0.2, 0.25) is 5.02 Å². The van der Waals surface area contributed by atoms with Crippen LogP contribution in [0.4, 0.5) is 0 Å². The number of H-pyrrole nitrogens is 1. The van der Waals surface area contributed by atoms with Crippen LogP contribution in [-0.2, 0) is 0 Å². The smallest absolute Gasteiger partial charge is 0.143 e. The van der Waals surface area contributed by atoms with Gasteiger partial charge in [-0.15, -0.1) is 0 Å². The second-order valence-electron chi connectivity index (χ2n) is 3.64. The van der Waals surface area contributed by atoms with Crippen LogP contribution in [0.25, 0.3) is 10.9 Å². The van der Waals surface area contributed by atoms with Crippen molar-refractivity contribution in [3.63, 3.8) is 0 Å². The maximum absolute atomic E-state index is 6.16. The molecule has 0 aliphatic carbocycles. The molecule has 0 aliphatic rings. The van der Waals surface area contributed by atoms with E-state index in [1.807, 2.05) is 19.1 Å². The molecule has 3 N–H and O–H groups in total. The van der Waals surface area contributed by atoms with Crippen LogP contribution in [0.15, 0.2) is 16.6 Å². The van der Waals surface area contributed by atoms with Gasteiger partial charge in [0.05, 0.1) is 17.6 Å². The van der Waals surface area contributed by atoms with Crippen LogP contribution in [0.5, 0.6) is 5.75 Å². The van der Waals surface area contributed by atoms with Crippen molar-refractivity contribution in [1.29, 1.82) is 0 Å². The third kappa shape index (κ3) is 1.71. The number of hydrogen-bond donors (Lipinski definition) is 2. The van der Waals surface area contributed by atoms with E-state index in [0.717, 1.165) is 26.8 Å². The average Bonchev–Trinajstić information content (AvgIpc) is 2.58. The molecule has 2 rings (SSSR count). The number of nitrogens with two attached hydrogens (primary N) is 1. The minimum Gasteiger partial charge on any atom is -0.495 e. The van der Waals surface area contributed by atoms with Gasteiger partial charge in [0.1, 0.15) is 5.75 Å². The van der Waals surface area contributed by atoms with Gasteiger partial charge in [-0.2, -0.15) is 0 Å².